The van der Waals surface area contributed by atoms with E-state index in [1.54, 1.807) is 17.0 Å². The maximum absolute atomic E-state index is 15.4. The smallest absolute Gasteiger partial charge is 0.260 e. The fourth-order valence-electron chi connectivity index (χ4n) is 10.5. The van der Waals surface area contributed by atoms with Crippen molar-refractivity contribution in [2.24, 2.45) is 23.7 Å². The van der Waals surface area contributed by atoms with Crippen LogP contribution in [0.3, 0.4) is 0 Å². The highest BCUT2D eigenvalue weighted by Crippen LogP contribution is 2.65. The molecule has 2 N–H and O–H groups in total. The van der Waals surface area contributed by atoms with Crippen molar-refractivity contribution in [2.45, 2.75) is 56.5 Å². The summed E-state index contributed by atoms with van der Waals surface area (Å²) < 4.78 is 5.45. The molecule has 10 nitrogen and oxygen atoms in total. The molecule has 6 atom stereocenters. The quantitative estimate of drug-likeness (QED) is 0.158. The molecule has 3 aliphatic heterocycles. The Hall–Kier alpha value is -5.74. The normalized spacial score (nSPS) is 27.8. The molecule has 4 aromatic rings. The zero-order chi connectivity index (χ0) is 38.7. The van der Waals surface area contributed by atoms with Crippen molar-refractivity contribution in [1.29, 1.82) is 0 Å². The number of piperidine rings is 1. The third-order valence-electron chi connectivity index (χ3n) is 13.1. The number of rotatable bonds is 8. The van der Waals surface area contributed by atoms with E-state index in [9.17, 15) is 19.5 Å². The van der Waals surface area contributed by atoms with Gasteiger partial charge in [-0.15, -0.1) is 0 Å². The largest absolute Gasteiger partial charge is 0.508 e. The predicted molar refractivity (Wildman–Crippen MR) is 210 cm³/mol. The third-order valence-corrected chi connectivity index (χ3v) is 13.1. The van der Waals surface area contributed by atoms with E-state index in [1.807, 2.05) is 85.8 Å². The zero-order valence-corrected chi connectivity index (χ0v) is 31.6. The highest BCUT2D eigenvalue weighted by Gasteiger charge is 2.70. The van der Waals surface area contributed by atoms with Crippen molar-refractivity contribution < 1.29 is 29.0 Å². The molecule has 0 aromatic heterocycles. The number of nitrogens with zero attached hydrogens (tertiary/aromatic N) is 3. The summed E-state index contributed by atoms with van der Waals surface area (Å²) in [7, 11) is 1.52. The molecule has 10 heteroatoms. The van der Waals surface area contributed by atoms with Crippen LogP contribution in [0.25, 0.3) is 0 Å². The number of anilines is 1. The van der Waals surface area contributed by atoms with E-state index in [2.05, 4.69) is 22.5 Å². The van der Waals surface area contributed by atoms with E-state index in [1.165, 1.54) is 18.7 Å². The number of allylic oxidation sites excluding steroid dienone is 2. The molecule has 0 unspecified atom stereocenters. The third kappa shape index (κ3) is 5.64. The van der Waals surface area contributed by atoms with Crippen LogP contribution in [0.5, 0.6) is 11.5 Å². The Bertz CT molecular complexity index is 2220. The number of ether oxygens (including phenoxy) is 1. The lowest BCUT2D eigenvalue weighted by molar-refractivity contribution is -0.144. The average Bonchev–Trinajstić information content (AvgIpc) is 3.60. The van der Waals surface area contributed by atoms with E-state index < -0.39 is 46.8 Å². The van der Waals surface area contributed by atoms with Gasteiger partial charge in [-0.3, -0.25) is 34.4 Å². The molecule has 1 saturated carbocycles. The van der Waals surface area contributed by atoms with Crippen LogP contribution >= 0.6 is 0 Å². The zero-order valence-electron chi connectivity index (χ0n) is 31.6. The predicted octanol–water partition coefficient (Wildman–Crippen LogP) is 6.36. The molecule has 4 fully saturated rings. The average molecular weight is 751 g/mol. The van der Waals surface area contributed by atoms with E-state index in [4.69, 9.17) is 4.74 Å². The summed E-state index contributed by atoms with van der Waals surface area (Å²) in [4.78, 5) is 63.4. The summed E-state index contributed by atoms with van der Waals surface area (Å²) in [6.45, 7) is 4.34. The van der Waals surface area contributed by atoms with Gasteiger partial charge in [0.05, 0.1) is 36.0 Å². The molecule has 0 radical (unpaired) electrons. The monoisotopic (exact) mass is 750 g/mol. The highest BCUT2D eigenvalue weighted by molar-refractivity contribution is 6.13. The van der Waals surface area contributed by atoms with Gasteiger partial charge >= 0.3 is 0 Å². The van der Waals surface area contributed by atoms with E-state index in [0.29, 0.717) is 41.8 Å². The van der Waals surface area contributed by atoms with Crippen LogP contribution in [-0.4, -0.2) is 69.8 Å². The Morgan fingerprint density at radius 3 is 2.20 bits per heavy atom. The Labute approximate surface area is 326 Å². The molecule has 3 heterocycles. The van der Waals surface area contributed by atoms with Crippen molar-refractivity contribution in [3.8, 4) is 11.5 Å². The van der Waals surface area contributed by atoms with Gasteiger partial charge in [0.25, 0.3) is 11.8 Å². The minimum absolute atomic E-state index is 0.0741. The second-order valence-electron chi connectivity index (χ2n) is 16.1. The minimum Gasteiger partial charge on any atom is -0.508 e. The van der Waals surface area contributed by atoms with Gasteiger partial charge in [-0.05, 0) is 67.9 Å². The Kier molecular flexibility index (Phi) is 9.04. The summed E-state index contributed by atoms with van der Waals surface area (Å²) >= 11 is 0. The minimum atomic E-state index is -1.46. The lowest BCUT2D eigenvalue weighted by atomic mass is 9.49. The van der Waals surface area contributed by atoms with Crippen LogP contribution in [-0.2, 0) is 31.1 Å². The fraction of sp³-hybridized carbons (Fsp3) is 0.348. The van der Waals surface area contributed by atoms with Crippen molar-refractivity contribution in [3.63, 3.8) is 0 Å². The van der Waals surface area contributed by atoms with E-state index in [-0.39, 0.29) is 30.0 Å². The molecule has 56 heavy (non-hydrogen) atoms. The topological polar surface area (TPSA) is 119 Å². The number of hydrazine groups is 1. The first-order chi connectivity index (χ1) is 27.2. The number of methoxy groups -OCH3 is 1. The van der Waals surface area contributed by atoms with Gasteiger partial charge in [-0.2, -0.15) is 5.01 Å². The highest BCUT2D eigenvalue weighted by atomic mass is 16.5. The first-order valence-corrected chi connectivity index (χ1v) is 19.7. The number of phenols is 1. The standard InChI is InChI=1S/C46H46N4O6/c1-28-13-15-31(16-14-28)47-50-43(53)38-26-37-34(41(35-18-17-33(56-2)25-39(35)51)46(38,45(50)55)30-11-7-4-8-12-30)19-20-36-40(37)44(54)49(42(36)52)32-21-23-48(24-22-32)27-29-9-5-3-6-10-29/h3-19,25,32,36-38,40-41,47,51H,20-24,26-27H2,1-2H3/t36-,37+,38-,40-,41+,46+/m0/s1. The number of aryl methyl sites for hydroxylation is 1. The van der Waals surface area contributed by atoms with Gasteiger partial charge in [-0.25, -0.2) is 0 Å². The van der Waals surface area contributed by atoms with Crippen LogP contribution in [0.15, 0.2) is 115 Å². The summed E-state index contributed by atoms with van der Waals surface area (Å²) in [6, 6.07) is 32.0. The van der Waals surface area contributed by atoms with Gasteiger partial charge in [0.2, 0.25) is 11.8 Å². The van der Waals surface area contributed by atoms with E-state index >= 15 is 4.79 Å². The molecular formula is C46H46N4O6. The van der Waals surface area contributed by atoms with Crippen molar-refractivity contribution in [2.75, 3.05) is 25.6 Å². The van der Waals surface area contributed by atoms with Crippen LogP contribution < -0.4 is 10.2 Å². The van der Waals surface area contributed by atoms with Crippen LogP contribution in [0, 0.1) is 30.6 Å². The lowest BCUT2D eigenvalue weighted by Gasteiger charge is -2.50. The molecule has 4 amide bonds. The number of carbonyl (C=O) groups is 4. The number of hydrogen-bond donors (Lipinski definition) is 2. The van der Waals surface area contributed by atoms with Gasteiger partial charge in [0.1, 0.15) is 11.5 Å². The molecule has 2 aliphatic carbocycles. The number of imide groups is 2. The van der Waals surface area contributed by atoms with Gasteiger partial charge < -0.3 is 9.84 Å². The number of nitrogens with one attached hydrogen (secondary N) is 1. The molecule has 9 rings (SSSR count). The molecule has 0 bridgehead atoms. The number of amides is 4. The number of likely N-dealkylation sites (tertiary alicyclic amines) is 2. The molecule has 0 spiro atoms. The lowest BCUT2D eigenvalue weighted by Crippen LogP contribution is -2.53. The molecule has 4 aromatic carbocycles. The van der Waals surface area contributed by atoms with Crippen molar-refractivity contribution in [3.05, 3.63) is 137 Å². The second-order valence-corrected chi connectivity index (χ2v) is 16.1. The van der Waals surface area contributed by atoms with Gasteiger partial charge in [0.15, 0.2) is 0 Å². The fourth-order valence-corrected chi connectivity index (χ4v) is 10.5. The van der Waals surface area contributed by atoms with Crippen LogP contribution in [0.2, 0.25) is 0 Å². The Morgan fingerprint density at radius 2 is 1.52 bits per heavy atom. The number of fused-ring (bicyclic) bond motifs is 4. The number of phenolic OH excluding ortho intramolecular Hbond substituents is 1. The number of carbonyl (C=O) groups excluding carboxylic acids is 4. The maximum Gasteiger partial charge on any atom is 0.260 e. The molecular weight excluding hydrogens is 705 g/mol. The van der Waals surface area contributed by atoms with Crippen molar-refractivity contribution in [1.82, 2.24) is 14.8 Å². The summed E-state index contributed by atoms with van der Waals surface area (Å²) in [5.41, 5.74) is 6.45. The summed E-state index contributed by atoms with van der Waals surface area (Å²) in [5.74, 6) is -4.25. The Morgan fingerprint density at radius 1 is 0.821 bits per heavy atom. The maximum atomic E-state index is 15.4. The number of aromatic hydroxyl groups is 1. The van der Waals surface area contributed by atoms with Gasteiger partial charge in [0, 0.05) is 43.2 Å². The van der Waals surface area contributed by atoms with Crippen molar-refractivity contribution >= 4 is 29.3 Å². The summed E-state index contributed by atoms with van der Waals surface area (Å²) in [6.07, 6.45) is 3.97. The van der Waals surface area contributed by atoms with Crippen LogP contribution in [0.4, 0.5) is 5.69 Å². The first kappa shape index (κ1) is 35.9. The first-order valence-electron chi connectivity index (χ1n) is 19.7. The molecule has 3 saturated heterocycles. The van der Waals surface area contributed by atoms with Crippen LogP contribution in [0.1, 0.15) is 53.9 Å². The number of hydrogen-bond acceptors (Lipinski definition) is 8. The second kappa shape index (κ2) is 14.1. The molecule has 286 valence electrons. The summed E-state index contributed by atoms with van der Waals surface area (Å²) in [5, 5.41) is 12.9. The SMILES string of the molecule is COc1ccc([C@H]2C3=CC[C@@H]4C(=O)N(C5CCN(Cc6ccccc6)CC5)C(=O)[C@@H]4[C@@H]3C[C@H]3C(=O)N(Nc4ccc(C)cc4)C(=O)[C@@]23c2ccccc2)c(O)c1. The molecule has 5 aliphatic rings. The van der Waals surface area contributed by atoms with E-state index in [0.717, 1.165) is 35.8 Å². The Balaban J connectivity index is 1.11. The van der Waals surface area contributed by atoms with Gasteiger partial charge in [-0.1, -0.05) is 96.1 Å². The number of benzene rings is 4.